The van der Waals surface area contributed by atoms with Crippen LogP contribution in [0.15, 0.2) is 30.5 Å². The Morgan fingerprint density at radius 2 is 2.09 bits per heavy atom. The SMILES string of the molecule is Nc1cc(OCC2CC2c2ccccn2)nc(C(F)(F)F)n1. The molecule has 1 aliphatic rings. The maximum Gasteiger partial charge on any atom is 0.451 e. The predicted octanol–water partition coefficient (Wildman–Crippen LogP) is 2.66. The van der Waals surface area contributed by atoms with Gasteiger partial charge in [-0.1, -0.05) is 6.07 Å². The normalized spacial score (nSPS) is 20.7. The summed E-state index contributed by atoms with van der Waals surface area (Å²) in [5.41, 5.74) is 6.32. The number of halogens is 3. The molecule has 0 aromatic carbocycles. The average Bonchev–Trinajstić information content (AvgIpc) is 3.24. The zero-order chi connectivity index (χ0) is 15.7. The molecule has 2 N–H and O–H groups in total. The molecule has 3 rings (SSSR count). The van der Waals surface area contributed by atoms with E-state index >= 15 is 0 Å². The molecule has 2 unspecified atom stereocenters. The van der Waals surface area contributed by atoms with E-state index < -0.39 is 12.0 Å². The average molecular weight is 310 g/mol. The number of ether oxygens (including phenoxy) is 1. The van der Waals surface area contributed by atoms with E-state index in [1.165, 1.54) is 6.07 Å². The fraction of sp³-hybridized carbons (Fsp3) is 0.357. The molecule has 0 aliphatic heterocycles. The fourth-order valence-electron chi connectivity index (χ4n) is 2.23. The molecular weight excluding hydrogens is 297 g/mol. The van der Waals surface area contributed by atoms with Crippen molar-refractivity contribution >= 4 is 5.82 Å². The summed E-state index contributed by atoms with van der Waals surface area (Å²) in [6.45, 7) is 0.273. The highest BCUT2D eigenvalue weighted by Crippen LogP contribution is 2.46. The van der Waals surface area contributed by atoms with Gasteiger partial charge >= 0.3 is 6.18 Å². The molecule has 1 fully saturated rings. The Kier molecular flexibility index (Phi) is 3.59. The van der Waals surface area contributed by atoms with Crippen molar-refractivity contribution in [2.45, 2.75) is 18.5 Å². The fourth-order valence-corrected chi connectivity index (χ4v) is 2.23. The van der Waals surface area contributed by atoms with Crippen LogP contribution in [-0.2, 0) is 6.18 Å². The van der Waals surface area contributed by atoms with Crippen LogP contribution in [0.25, 0.3) is 0 Å². The van der Waals surface area contributed by atoms with Gasteiger partial charge in [-0.15, -0.1) is 0 Å². The van der Waals surface area contributed by atoms with Crippen LogP contribution in [0.4, 0.5) is 19.0 Å². The minimum absolute atomic E-state index is 0.161. The summed E-state index contributed by atoms with van der Waals surface area (Å²) in [6, 6.07) is 6.85. The Labute approximate surface area is 124 Å². The van der Waals surface area contributed by atoms with Crippen molar-refractivity contribution in [3.05, 3.63) is 42.0 Å². The summed E-state index contributed by atoms with van der Waals surface area (Å²) in [7, 11) is 0. The van der Waals surface area contributed by atoms with Crippen LogP contribution in [0.5, 0.6) is 5.88 Å². The van der Waals surface area contributed by atoms with Gasteiger partial charge in [-0.2, -0.15) is 18.2 Å². The van der Waals surface area contributed by atoms with Crippen LogP contribution in [0, 0.1) is 5.92 Å². The smallest absolute Gasteiger partial charge is 0.451 e. The number of nitrogen functional groups attached to an aromatic ring is 1. The topological polar surface area (TPSA) is 73.9 Å². The second-order valence-corrected chi connectivity index (χ2v) is 5.12. The largest absolute Gasteiger partial charge is 0.477 e. The van der Waals surface area contributed by atoms with E-state index in [0.717, 1.165) is 12.1 Å². The highest BCUT2D eigenvalue weighted by Gasteiger charge is 2.40. The van der Waals surface area contributed by atoms with Gasteiger partial charge in [-0.3, -0.25) is 4.98 Å². The zero-order valence-corrected chi connectivity index (χ0v) is 11.4. The molecule has 0 radical (unpaired) electrons. The second-order valence-electron chi connectivity index (χ2n) is 5.12. The zero-order valence-electron chi connectivity index (χ0n) is 11.4. The second kappa shape index (κ2) is 5.43. The van der Waals surface area contributed by atoms with E-state index in [2.05, 4.69) is 15.0 Å². The van der Waals surface area contributed by atoms with Crippen molar-refractivity contribution in [2.75, 3.05) is 12.3 Å². The molecule has 1 aliphatic carbocycles. The third kappa shape index (κ3) is 3.26. The van der Waals surface area contributed by atoms with Crippen LogP contribution < -0.4 is 10.5 Å². The van der Waals surface area contributed by atoms with Gasteiger partial charge in [0, 0.05) is 29.8 Å². The van der Waals surface area contributed by atoms with Gasteiger partial charge in [0.05, 0.1) is 6.61 Å². The molecular formula is C14H13F3N4O. The Hall–Kier alpha value is -2.38. The maximum absolute atomic E-state index is 12.6. The maximum atomic E-state index is 12.6. The minimum atomic E-state index is -4.65. The number of aromatic nitrogens is 3. The summed E-state index contributed by atoms with van der Waals surface area (Å²) < 4.78 is 43.1. The molecule has 22 heavy (non-hydrogen) atoms. The highest BCUT2D eigenvalue weighted by molar-refractivity contribution is 5.33. The molecule has 0 bridgehead atoms. The summed E-state index contributed by atoms with van der Waals surface area (Å²) in [5, 5.41) is 0. The molecule has 2 aromatic heterocycles. The third-order valence-corrected chi connectivity index (χ3v) is 3.41. The molecule has 1 saturated carbocycles. The number of nitrogens with zero attached hydrogens (tertiary/aromatic N) is 3. The van der Waals surface area contributed by atoms with E-state index in [9.17, 15) is 13.2 Å². The van der Waals surface area contributed by atoms with Crippen molar-refractivity contribution in [1.82, 2.24) is 15.0 Å². The molecule has 2 atom stereocenters. The number of rotatable bonds is 4. The summed E-state index contributed by atoms with van der Waals surface area (Å²) in [5.74, 6) is -1.22. The Balaban J connectivity index is 1.62. The molecule has 0 saturated heterocycles. The van der Waals surface area contributed by atoms with Crippen LogP contribution in [0.1, 0.15) is 23.9 Å². The van der Waals surface area contributed by atoms with Crippen molar-refractivity contribution in [3.63, 3.8) is 0 Å². The Bertz CT molecular complexity index is 663. The van der Waals surface area contributed by atoms with Gasteiger partial charge in [-0.05, 0) is 18.6 Å². The van der Waals surface area contributed by atoms with E-state index in [1.54, 1.807) is 6.20 Å². The quantitative estimate of drug-likeness (QED) is 0.939. The molecule has 0 amide bonds. The van der Waals surface area contributed by atoms with Crippen LogP contribution in [0.2, 0.25) is 0 Å². The van der Waals surface area contributed by atoms with E-state index in [1.807, 2.05) is 18.2 Å². The number of nitrogens with two attached hydrogens (primary N) is 1. The lowest BCUT2D eigenvalue weighted by molar-refractivity contribution is -0.145. The standard InChI is InChI=1S/C14H13F3N4O/c15-14(16,17)13-20-11(18)6-12(21-13)22-7-8-5-9(8)10-3-1-2-4-19-10/h1-4,6,8-9H,5,7H2,(H2,18,20,21). The molecule has 0 spiro atoms. The lowest BCUT2D eigenvalue weighted by Gasteiger charge is -2.09. The van der Waals surface area contributed by atoms with E-state index in [0.29, 0.717) is 0 Å². The van der Waals surface area contributed by atoms with Gasteiger partial charge in [0.15, 0.2) is 0 Å². The summed E-state index contributed by atoms with van der Waals surface area (Å²) >= 11 is 0. The number of alkyl halides is 3. The van der Waals surface area contributed by atoms with E-state index in [-0.39, 0.29) is 30.1 Å². The number of anilines is 1. The summed E-state index contributed by atoms with van der Waals surface area (Å²) in [4.78, 5) is 10.8. The molecule has 8 heteroatoms. The molecule has 5 nitrogen and oxygen atoms in total. The van der Waals surface area contributed by atoms with Crippen molar-refractivity contribution in [1.29, 1.82) is 0 Å². The molecule has 2 aromatic rings. The van der Waals surface area contributed by atoms with Gasteiger partial charge in [0.2, 0.25) is 11.7 Å². The van der Waals surface area contributed by atoms with Crippen molar-refractivity contribution in [2.24, 2.45) is 5.92 Å². The third-order valence-electron chi connectivity index (χ3n) is 3.41. The number of pyridine rings is 1. The summed E-state index contributed by atoms with van der Waals surface area (Å²) in [6.07, 6.45) is -2.04. The predicted molar refractivity (Wildman–Crippen MR) is 72.0 cm³/mol. The molecule has 2 heterocycles. The van der Waals surface area contributed by atoms with Crippen LogP contribution >= 0.6 is 0 Å². The van der Waals surface area contributed by atoms with E-state index in [4.69, 9.17) is 10.5 Å². The lowest BCUT2D eigenvalue weighted by Crippen LogP contribution is -2.14. The number of hydrogen-bond donors (Lipinski definition) is 1. The van der Waals surface area contributed by atoms with Crippen molar-refractivity contribution in [3.8, 4) is 5.88 Å². The highest BCUT2D eigenvalue weighted by atomic mass is 19.4. The first-order chi connectivity index (χ1) is 10.4. The lowest BCUT2D eigenvalue weighted by atomic mass is 10.2. The first-order valence-corrected chi connectivity index (χ1v) is 6.69. The van der Waals surface area contributed by atoms with Gasteiger partial charge in [-0.25, -0.2) is 4.98 Å². The first kappa shape index (κ1) is 14.6. The van der Waals surface area contributed by atoms with Gasteiger partial charge in [0.25, 0.3) is 0 Å². The van der Waals surface area contributed by atoms with Crippen molar-refractivity contribution < 1.29 is 17.9 Å². The van der Waals surface area contributed by atoms with Crippen LogP contribution in [-0.4, -0.2) is 21.6 Å². The Morgan fingerprint density at radius 1 is 1.27 bits per heavy atom. The first-order valence-electron chi connectivity index (χ1n) is 6.69. The monoisotopic (exact) mass is 310 g/mol. The minimum Gasteiger partial charge on any atom is -0.477 e. The molecule has 116 valence electrons. The Morgan fingerprint density at radius 3 is 2.77 bits per heavy atom. The number of hydrogen-bond acceptors (Lipinski definition) is 5. The van der Waals surface area contributed by atoms with Crippen LogP contribution in [0.3, 0.4) is 0 Å². The van der Waals surface area contributed by atoms with Gasteiger partial charge in [0.1, 0.15) is 5.82 Å². The van der Waals surface area contributed by atoms with Gasteiger partial charge < -0.3 is 10.5 Å².